The van der Waals surface area contributed by atoms with Gasteiger partial charge in [0.15, 0.2) is 5.16 Å². The highest BCUT2D eigenvalue weighted by Crippen LogP contribution is 2.30. The lowest BCUT2D eigenvalue weighted by atomic mass is 10.2. The average molecular weight is 369 g/mol. The van der Waals surface area contributed by atoms with Gasteiger partial charge in [0.25, 0.3) is 5.56 Å². The molecule has 0 amide bonds. The number of nitrogens with zero attached hydrogens (tertiary/aromatic N) is 1. The van der Waals surface area contributed by atoms with Gasteiger partial charge >= 0.3 is 0 Å². The molecule has 21 heavy (non-hydrogen) atoms. The molecule has 0 bridgehead atoms. The standard InChI is InChI=1S/C14H17BrN4OS/c1-8(2)17-7-9-5-10(15)3-4-11(9)21-14-18-12(16)6-13(20)19-14/h3-6,8,17H,7H2,1-2H3,(H3,16,18,19,20). The average Bonchev–Trinajstić information content (AvgIpc) is 2.37. The minimum atomic E-state index is -0.246. The van der Waals surface area contributed by atoms with Crippen LogP contribution in [-0.2, 0) is 6.54 Å². The van der Waals surface area contributed by atoms with E-state index in [9.17, 15) is 4.79 Å². The number of anilines is 1. The number of benzene rings is 1. The second kappa shape index (κ2) is 7.11. The summed E-state index contributed by atoms with van der Waals surface area (Å²) in [7, 11) is 0. The quantitative estimate of drug-likeness (QED) is 0.706. The molecule has 0 aliphatic carbocycles. The zero-order valence-corrected chi connectivity index (χ0v) is 14.2. The summed E-state index contributed by atoms with van der Waals surface area (Å²) in [5.41, 5.74) is 6.50. The van der Waals surface area contributed by atoms with Crippen molar-refractivity contribution >= 4 is 33.5 Å². The third-order valence-electron chi connectivity index (χ3n) is 2.67. The minimum Gasteiger partial charge on any atom is -0.383 e. The molecule has 4 N–H and O–H groups in total. The van der Waals surface area contributed by atoms with Crippen LogP contribution in [0.3, 0.4) is 0 Å². The molecule has 0 aliphatic rings. The summed E-state index contributed by atoms with van der Waals surface area (Å²) < 4.78 is 1.02. The fourth-order valence-electron chi connectivity index (χ4n) is 1.71. The Morgan fingerprint density at radius 1 is 1.43 bits per heavy atom. The second-order valence-electron chi connectivity index (χ2n) is 4.87. The zero-order chi connectivity index (χ0) is 15.4. The highest BCUT2D eigenvalue weighted by atomic mass is 79.9. The van der Waals surface area contributed by atoms with E-state index < -0.39 is 0 Å². The molecule has 0 atom stereocenters. The van der Waals surface area contributed by atoms with Crippen molar-refractivity contribution in [2.45, 2.75) is 36.5 Å². The Labute approximate surface area is 135 Å². The first kappa shape index (κ1) is 16.1. The van der Waals surface area contributed by atoms with Crippen LogP contribution in [0.2, 0.25) is 0 Å². The van der Waals surface area contributed by atoms with Gasteiger partial charge in [0.1, 0.15) is 5.82 Å². The van der Waals surface area contributed by atoms with Gasteiger partial charge in [-0.3, -0.25) is 4.79 Å². The molecule has 0 fully saturated rings. The van der Waals surface area contributed by atoms with Crippen molar-refractivity contribution in [2.24, 2.45) is 0 Å². The summed E-state index contributed by atoms with van der Waals surface area (Å²) in [6, 6.07) is 7.68. The van der Waals surface area contributed by atoms with Gasteiger partial charge in [-0.25, -0.2) is 4.98 Å². The van der Waals surface area contributed by atoms with E-state index in [2.05, 4.69) is 51.1 Å². The van der Waals surface area contributed by atoms with Crippen molar-refractivity contribution in [3.63, 3.8) is 0 Å². The Kier molecular flexibility index (Phi) is 5.44. The Bertz CT molecular complexity index is 687. The van der Waals surface area contributed by atoms with E-state index in [1.807, 2.05) is 12.1 Å². The van der Waals surface area contributed by atoms with Gasteiger partial charge in [0.05, 0.1) is 0 Å². The maximum Gasteiger partial charge on any atom is 0.253 e. The van der Waals surface area contributed by atoms with Gasteiger partial charge in [0, 0.05) is 28.0 Å². The molecule has 0 spiro atoms. The number of nitrogen functional groups attached to an aromatic ring is 1. The van der Waals surface area contributed by atoms with Crippen LogP contribution in [0.4, 0.5) is 5.82 Å². The molecule has 0 saturated carbocycles. The second-order valence-corrected chi connectivity index (χ2v) is 6.81. The molecular weight excluding hydrogens is 352 g/mol. The van der Waals surface area contributed by atoms with Crippen molar-refractivity contribution < 1.29 is 0 Å². The van der Waals surface area contributed by atoms with E-state index in [0.29, 0.717) is 11.2 Å². The topological polar surface area (TPSA) is 83.8 Å². The molecular formula is C14H17BrN4OS. The van der Waals surface area contributed by atoms with E-state index in [0.717, 1.165) is 21.5 Å². The number of aromatic nitrogens is 2. The fourth-order valence-corrected chi connectivity index (χ4v) is 3.02. The van der Waals surface area contributed by atoms with Gasteiger partial charge in [-0.2, -0.15) is 0 Å². The number of halogens is 1. The van der Waals surface area contributed by atoms with Crippen LogP contribution in [0, 0.1) is 0 Å². The van der Waals surface area contributed by atoms with E-state index in [-0.39, 0.29) is 11.4 Å². The van der Waals surface area contributed by atoms with Gasteiger partial charge in [-0.1, -0.05) is 41.5 Å². The zero-order valence-electron chi connectivity index (χ0n) is 11.8. The molecule has 2 aromatic rings. The minimum absolute atomic E-state index is 0.222. The Morgan fingerprint density at radius 2 is 2.19 bits per heavy atom. The summed E-state index contributed by atoms with van der Waals surface area (Å²) in [4.78, 5) is 19.3. The van der Waals surface area contributed by atoms with Gasteiger partial charge in [0.2, 0.25) is 0 Å². The smallest absolute Gasteiger partial charge is 0.253 e. The fraction of sp³-hybridized carbons (Fsp3) is 0.286. The summed E-state index contributed by atoms with van der Waals surface area (Å²) in [6.07, 6.45) is 0. The molecule has 0 unspecified atom stereocenters. The molecule has 0 aliphatic heterocycles. The Morgan fingerprint density at radius 3 is 2.86 bits per heavy atom. The molecule has 112 valence electrons. The lowest BCUT2D eigenvalue weighted by Gasteiger charge is -2.12. The van der Waals surface area contributed by atoms with Crippen molar-refractivity contribution in [1.82, 2.24) is 15.3 Å². The van der Waals surface area contributed by atoms with E-state index in [4.69, 9.17) is 5.73 Å². The predicted octanol–water partition coefficient (Wildman–Crippen LogP) is 2.76. The number of H-pyrrole nitrogens is 1. The van der Waals surface area contributed by atoms with Crippen LogP contribution in [0.5, 0.6) is 0 Å². The van der Waals surface area contributed by atoms with Crippen LogP contribution in [0.25, 0.3) is 0 Å². The van der Waals surface area contributed by atoms with Crippen molar-refractivity contribution in [2.75, 3.05) is 5.73 Å². The third kappa shape index (κ3) is 4.87. The number of hydrogen-bond acceptors (Lipinski definition) is 5. The summed E-state index contributed by atoms with van der Waals surface area (Å²) >= 11 is 4.88. The van der Waals surface area contributed by atoms with Gasteiger partial charge < -0.3 is 16.0 Å². The van der Waals surface area contributed by atoms with E-state index in [1.54, 1.807) is 0 Å². The molecule has 2 rings (SSSR count). The first-order valence-electron chi connectivity index (χ1n) is 6.50. The lowest BCUT2D eigenvalue weighted by Crippen LogP contribution is -2.22. The van der Waals surface area contributed by atoms with Gasteiger partial charge in [-0.05, 0) is 23.8 Å². The Balaban J connectivity index is 2.28. The van der Waals surface area contributed by atoms with Crippen molar-refractivity contribution in [3.8, 4) is 0 Å². The Hall–Kier alpha value is -1.31. The van der Waals surface area contributed by atoms with E-state index in [1.165, 1.54) is 17.8 Å². The molecule has 0 radical (unpaired) electrons. The van der Waals surface area contributed by atoms with Crippen molar-refractivity contribution in [3.05, 3.63) is 44.7 Å². The monoisotopic (exact) mass is 368 g/mol. The first-order valence-corrected chi connectivity index (χ1v) is 8.11. The number of nitrogens with two attached hydrogens (primary N) is 1. The highest BCUT2D eigenvalue weighted by molar-refractivity contribution is 9.10. The number of nitrogens with one attached hydrogen (secondary N) is 2. The summed E-state index contributed by atoms with van der Waals surface area (Å²) in [6.45, 7) is 4.94. The molecule has 1 heterocycles. The summed E-state index contributed by atoms with van der Waals surface area (Å²) in [5.74, 6) is 0.222. The van der Waals surface area contributed by atoms with Gasteiger partial charge in [-0.15, -0.1) is 0 Å². The highest BCUT2D eigenvalue weighted by Gasteiger charge is 2.08. The molecule has 7 heteroatoms. The molecule has 1 aromatic carbocycles. The van der Waals surface area contributed by atoms with E-state index >= 15 is 0 Å². The first-order chi connectivity index (χ1) is 9.94. The van der Waals surface area contributed by atoms with Crippen LogP contribution >= 0.6 is 27.7 Å². The van der Waals surface area contributed by atoms with Crippen molar-refractivity contribution in [1.29, 1.82) is 0 Å². The largest absolute Gasteiger partial charge is 0.383 e. The van der Waals surface area contributed by atoms with Crippen LogP contribution in [0.1, 0.15) is 19.4 Å². The number of hydrogen-bond donors (Lipinski definition) is 3. The summed E-state index contributed by atoms with van der Waals surface area (Å²) in [5, 5.41) is 3.88. The number of rotatable bonds is 5. The molecule has 1 aromatic heterocycles. The van der Waals surface area contributed by atoms with Crippen LogP contribution in [-0.4, -0.2) is 16.0 Å². The number of aromatic amines is 1. The molecule has 0 saturated heterocycles. The van der Waals surface area contributed by atoms with Crippen LogP contribution < -0.4 is 16.6 Å². The SMILES string of the molecule is CC(C)NCc1cc(Br)ccc1Sc1nc(N)cc(=O)[nH]1. The lowest BCUT2D eigenvalue weighted by molar-refractivity contribution is 0.584. The maximum absolute atomic E-state index is 11.4. The maximum atomic E-state index is 11.4. The third-order valence-corrected chi connectivity index (χ3v) is 4.17. The molecule has 5 nitrogen and oxygen atoms in total. The van der Waals surface area contributed by atoms with Crippen LogP contribution in [0.15, 0.2) is 43.6 Å². The predicted molar refractivity (Wildman–Crippen MR) is 89.5 cm³/mol. The normalized spacial score (nSPS) is 11.0.